The zero-order chi connectivity index (χ0) is 17.3. The fourth-order valence-electron chi connectivity index (χ4n) is 2.98. The van der Waals surface area contributed by atoms with E-state index in [0.717, 1.165) is 28.6 Å². The van der Waals surface area contributed by atoms with Crippen LogP contribution in [-0.2, 0) is 13.1 Å². The summed E-state index contributed by atoms with van der Waals surface area (Å²) in [6, 6.07) is 13.2. The molecule has 0 unspecified atom stereocenters. The van der Waals surface area contributed by atoms with E-state index in [4.69, 9.17) is 23.2 Å². The smallest absolute Gasteiger partial charge is 0.268 e. The zero-order valence-electron chi connectivity index (χ0n) is 13.6. The van der Waals surface area contributed by atoms with Gasteiger partial charge in [0.05, 0.1) is 0 Å². The first-order valence-electron chi connectivity index (χ1n) is 7.82. The highest BCUT2D eigenvalue weighted by Crippen LogP contribution is 2.28. The molecule has 0 saturated heterocycles. The molecule has 0 aliphatic rings. The highest BCUT2D eigenvalue weighted by atomic mass is 35.5. The van der Waals surface area contributed by atoms with Crippen LogP contribution in [0.1, 0.15) is 28.5 Å². The Bertz CT molecular complexity index is 898. The Morgan fingerprint density at radius 1 is 1.08 bits per heavy atom. The second kappa shape index (κ2) is 6.88. The Morgan fingerprint density at radius 3 is 2.42 bits per heavy atom. The lowest BCUT2D eigenvalue weighted by atomic mass is 10.1. The van der Waals surface area contributed by atoms with E-state index in [1.54, 1.807) is 0 Å². The first-order valence-corrected chi connectivity index (χ1v) is 8.58. The lowest BCUT2D eigenvalue weighted by Gasteiger charge is -2.10. The molecule has 5 heteroatoms. The van der Waals surface area contributed by atoms with Crippen LogP contribution in [0.2, 0.25) is 10.0 Å². The van der Waals surface area contributed by atoms with E-state index in [2.05, 4.69) is 5.32 Å². The molecule has 3 nitrogen and oxygen atoms in total. The van der Waals surface area contributed by atoms with Crippen molar-refractivity contribution in [1.29, 1.82) is 0 Å². The average Bonchev–Trinajstić information content (AvgIpc) is 2.86. The van der Waals surface area contributed by atoms with Crippen LogP contribution in [0.5, 0.6) is 0 Å². The van der Waals surface area contributed by atoms with Gasteiger partial charge in [-0.25, -0.2) is 0 Å². The normalized spacial score (nSPS) is 11.0. The average molecular weight is 361 g/mol. The molecule has 0 aliphatic carbocycles. The SMILES string of the molecule is CCn1c(C(=O)NCc2ccc(Cl)cc2)c(C)c2cc(Cl)ccc21. The van der Waals surface area contributed by atoms with E-state index in [0.29, 0.717) is 22.3 Å². The van der Waals surface area contributed by atoms with Crippen LogP contribution in [0.4, 0.5) is 0 Å². The molecule has 0 fully saturated rings. The number of benzene rings is 2. The van der Waals surface area contributed by atoms with Crippen molar-refractivity contribution < 1.29 is 4.79 Å². The predicted octanol–water partition coefficient (Wildman–Crippen LogP) is 5.21. The largest absolute Gasteiger partial charge is 0.347 e. The van der Waals surface area contributed by atoms with Gasteiger partial charge >= 0.3 is 0 Å². The van der Waals surface area contributed by atoms with Crippen molar-refractivity contribution in [3.8, 4) is 0 Å². The van der Waals surface area contributed by atoms with Crippen molar-refractivity contribution in [2.45, 2.75) is 26.9 Å². The lowest BCUT2D eigenvalue weighted by Crippen LogP contribution is -2.26. The van der Waals surface area contributed by atoms with Crippen molar-refractivity contribution in [1.82, 2.24) is 9.88 Å². The third-order valence-corrected chi connectivity index (χ3v) is 4.66. The number of aryl methyl sites for hydroxylation is 2. The minimum absolute atomic E-state index is 0.0865. The number of hydrogen-bond donors (Lipinski definition) is 1. The molecular formula is C19H18Cl2N2O. The number of amides is 1. The molecule has 24 heavy (non-hydrogen) atoms. The van der Waals surface area contributed by atoms with Crippen molar-refractivity contribution in [2.24, 2.45) is 0 Å². The van der Waals surface area contributed by atoms with Crippen molar-refractivity contribution >= 4 is 40.0 Å². The second-order valence-corrected chi connectivity index (χ2v) is 6.56. The molecule has 0 aliphatic heterocycles. The maximum absolute atomic E-state index is 12.7. The molecule has 0 radical (unpaired) electrons. The van der Waals surface area contributed by atoms with E-state index in [9.17, 15) is 4.79 Å². The van der Waals surface area contributed by atoms with Gasteiger partial charge in [0.25, 0.3) is 5.91 Å². The number of hydrogen-bond acceptors (Lipinski definition) is 1. The molecule has 3 aromatic rings. The topological polar surface area (TPSA) is 34.0 Å². The Labute approximate surface area is 151 Å². The summed E-state index contributed by atoms with van der Waals surface area (Å²) < 4.78 is 2.03. The molecule has 124 valence electrons. The number of rotatable bonds is 4. The summed E-state index contributed by atoms with van der Waals surface area (Å²) in [4.78, 5) is 12.7. The zero-order valence-corrected chi connectivity index (χ0v) is 15.1. The summed E-state index contributed by atoms with van der Waals surface area (Å²) in [6.45, 7) is 5.17. The van der Waals surface area contributed by atoms with Crippen LogP contribution in [0.15, 0.2) is 42.5 Å². The maximum Gasteiger partial charge on any atom is 0.268 e. The van der Waals surface area contributed by atoms with Crippen molar-refractivity contribution in [3.63, 3.8) is 0 Å². The quantitative estimate of drug-likeness (QED) is 0.680. The molecule has 3 rings (SSSR count). The van der Waals surface area contributed by atoms with E-state index < -0.39 is 0 Å². The molecule has 0 bridgehead atoms. The van der Waals surface area contributed by atoms with Gasteiger partial charge in [0.15, 0.2) is 0 Å². The fourth-order valence-corrected chi connectivity index (χ4v) is 3.28. The van der Waals surface area contributed by atoms with Crippen LogP contribution in [0, 0.1) is 6.92 Å². The Kier molecular flexibility index (Phi) is 4.83. The second-order valence-electron chi connectivity index (χ2n) is 5.69. The van der Waals surface area contributed by atoms with Gasteiger partial charge in [-0.15, -0.1) is 0 Å². The molecule has 0 atom stereocenters. The van der Waals surface area contributed by atoms with Gasteiger partial charge in [-0.2, -0.15) is 0 Å². The summed E-state index contributed by atoms with van der Waals surface area (Å²) in [5, 5.41) is 5.36. The first-order chi connectivity index (χ1) is 11.5. The van der Waals surface area contributed by atoms with Gasteiger partial charge in [0.2, 0.25) is 0 Å². The van der Waals surface area contributed by atoms with Crippen molar-refractivity contribution in [3.05, 3.63) is 69.3 Å². The molecule has 2 aromatic carbocycles. The highest BCUT2D eigenvalue weighted by Gasteiger charge is 2.19. The predicted molar refractivity (Wildman–Crippen MR) is 100.0 cm³/mol. The minimum atomic E-state index is -0.0865. The van der Waals surface area contributed by atoms with E-state index in [1.807, 2.05) is 60.9 Å². The lowest BCUT2D eigenvalue weighted by molar-refractivity contribution is 0.0941. The van der Waals surface area contributed by atoms with Crippen LogP contribution in [0.3, 0.4) is 0 Å². The van der Waals surface area contributed by atoms with Crippen LogP contribution >= 0.6 is 23.2 Å². The van der Waals surface area contributed by atoms with E-state index in [1.165, 1.54) is 0 Å². The fraction of sp³-hybridized carbons (Fsp3) is 0.211. The number of aromatic nitrogens is 1. The first kappa shape index (κ1) is 16.9. The minimum Gasteiger partial charge on any atom is -0.347 e. The number of carbonyl (C=O) groups is 1. The summed E-state index contributed by atoms with van der Waals surface area (Å²) in [5.74, 6) is -0.0865. The molecule has 1 aromatic heterocycles. The maximum atomic E-state index is 12.7. The van der Waals surface area contributed by atoms with Gasteiger partial charge in [-0.3, -0.25) is 4.79 Å². The van der Waals surface area contributed by atoms with Gasteiger partial charge in [0.1, 0.15) is 5.69 Å². The standard InChI is InChI=1S/C19H18Cl2N2O/c1-3-23-17-9-8-15(21)10-16(17)12(2)18(23)19(24)22-11-13-4-6-14(20)7-5-13/h4-10H,3,11H2,1-2H3,(H,22,24). The van der Waals surface area contributed by atoms with Crippen molar-refractivity contribution in [2.75, 3.05) is 0 Å². The molecule has 0 spiro atoms. The summed E-state index contributed by atoms with van der Waals surface area (Å²) >= 11 is 12.0. The molecule has 1 amide bonds. The molecule has 1 heterocycles. The molecule has 0 saturated carbocycles. The highest BCUT2D eigenvalue weighted by molar-refractivity contribution is 6.31. The van der Waals surface area contributed by atoms with Gasteiger partial charge < -0.3 is 9.88 Å². The van der Waals surface area contributed by atoms with E-state index in [-0.39, 0.29) is 5.91 Å². The number of halogens is 2. The summed E-state index contributed by atoms with van der Waals surface area (Å²) in [5.41, 5.74) is 3.66. The third kappa shape index (κ3) is 3.14. The van der Waals surface area contributed by atoms with Crippen LogP contribution < -0.4 is 5.32 Å². The summed E-state index contributed by atoms with van der Waals surface area (Å²) in [6.07, 6.45) is 0. The number of nitrogens with zero attached hydrogens (tertiary/aromatic N) is 1. The molecular weight excluding hydrogens is 343 g/mol. The van der Waals surface area contributed by atoms with Crippen LogP contribution in [-0.4, -0.2) is 10.5 Å². The number of fused-ring (bicyclic) bond motifs is 1. The van der Waals surface area contributed by atoms with Gasteiger partial charge in [-0.1, -0.05) is 35.3 Å². The summed E-state index contributed by atoms with van der Waals surface area (Å²) in [7, 11) is 0. The third-order valence-electron chi connectivity index (χ3n) is 4.18. The van der Waals surface area contributed by atoms with Crippen LogP contribution in [0.25, 0.3) is 10.9 Å². The Hall–Kier alpha value is -1.97. The van der Waals surface area contributed by atoms with Gasteiger partial charge in [0, 0.05) is 34.0 Å². The number of nitrogens with one attached hydrogen (secondary N) is 1. The molecule has 1 N–H and O–H groups in total. The monoisotopic (exact) mass is 360 g/mol. The van der Waals surface area contributed by atoms with Gasteiger partial charge in [-0.05, 0) is 55.3 Å². The van der Waals surface area contributed by atoms with E-state index >= 15 is 0 Å². The number of carbonyl (C=O) groups excluding carboxylic acids is 1. The Morgan fingerprint density at radius 2 is 1.75 bits per heavy atom. The Balaban J connectivity index is 1.91.